The molecule has 1 atom stereocenters. The Hall–Kier alpha value is -0.840. The van der Waals surface area contributed by atoms with Crippen molar-refractivity contribution >= 4 is 15.7 Å². The fraction of sp³-hybridized carbons (Fsp3) is 0.667. The largest absolute Gasteiger partial charge is 0.348 e. The Bertz CT molecular complexity index is 362. The smallest absolute Gasteiger partial charge is 0.225 e. The molecule has 80 valence electrons. The Balaban J connectivity index is 2.58. The van der Waals surface area contributed by atoms with Gasteiger partial charge in [-0.2, -0.15) is 0 Å². The maximum absolute atomic E-state index is 11.5. The second-order valence-corrected chi connectivity index (χ2v) is 6.42. The van der Waals surface area contributed by atoms with Crippen molar-refractivity contribution in [3.8, 4) is 0 Å². The van der Waals surface area contributed by atoms with Crippen molar-refractivity contribution in [2.45, 2.75) is 26.8 Å². The molecule has 1 N–H and O–H groups in total. The molecule has 14 heavy (non-hydrogen) atoms. The fourth-order valence-electron chi connectivity index (χ4n) is 1.05. The minimum Gasteiger partial charge on any atom is -0.348 e. The summed E-state index contributed by atoms with van der Waals surface area (Å²) in [5.41, 5.74) is -0.486. The number of amides is 1. The number of rotatable bonds is 1. The Kier molecular flexibility index (Phi) is 2.71. The van der Waals surface area contributed by atoms with Gasteiger partial charge < -0.3 is 5.32 Å². The molecule has 1 aliphatic heterocycles. The lowest BCUT2D eigenvalue weighted by Crippen LogP contribution is -2.42. The molecule has 0 radical (unpaired) electrons. The quantitative estimate of drug-likeness (QED) is 0.694. The van der Waals surface area contributed by atoms with Crippen LogP contribution in [0, 0.1) is 5.41 Å². The van der Waals surface area contributed by atoms with E-state index in [9.17, 15) is 13.2 Å². The molecule has 0 fully saturated rings. The number of carbonyl (C=O) groups is 1. The second-order valence-electron chi connectivity index (χ2n) is 4.49. The highest BCUT2D eigenvalue weighted by Crippen LogP contribution is 2.15. The van der Waals surface area contributed by atoms with Crippen LogP contribution >= 0.6 is 0 Å². The lowest BCUT2D eigenvalue weighted by molar-refractivity contribution is -0.128. The van der Waals surface area contributed by atoms with Crippen molar-refractivity contribution in [1.82, 2.24) is 5.32 Å². The number of nitrogens with one attached hydrogen (secondary N) is 1. The normalized spacial score (nSPS) is 24.9. The standard InChI is InChI=1S/C9H15NO3S/c1-9(2,3)8(11)10-7-4-5-14(12,13)6-7/h4-5,7H,6H2,1-3H3,(H,10,11). The van der Waals surface area contributed by atoms with Crippen LogP contribution in [0.25, 0.3) is 0 Å². The summed E-state index contributed by atoms with van der Waals surface area (Å²) in [6, 6.07) is -0.369. The first kappa shape index (κ1) is 11.2. The van der Waals surface area contributed by atoms with E-state index in [4.69, 9.17) is 0 Å². The van der Waals surface area contributed by atoms with Crippen molar-refractivity contribution in [1.29, 1.82) is 0 Å². The van der Waals surface area contributed by atoms with Crippen LogP contribution in [0.2, 0.25) is 0 Å². The minimum absolute atomic E-state index is 0.0190. The summed E-state index contributed by atoms with van der Waals surface area (Å²) in [7, 11) is -3.08. The lowest BCUT2D eigenvalue weighted by atomic mass is 9.95. The highest BCUT2D eigenvalue weighted by Gasteiger charge is 2.27. The molecular weight excluding hydrogens is 202 g/mol. The first-order valence-electron chi connectivity index (χ1n) is 4.43. The third-order valence-corrected chi connectivity index (χ3v) is 3.32. The third-order valence-electron chi connectivity index (χ3n) is 1.93. The van der Waals surface area contributed by atoms with Crippen molar-refractivity contribution < 1.29 is 13.2 Å². The van der Waals surface area contributed by atoms with Crippen molar-refractivity contribution in [3.63, 3.8) is 0 Å². The van der Waals surface area contributed by atoms with Crippen molar-refractivity contribution in [2.75, 3.05) is 5.75 Å². The summed E-state index contributed by atoms with van der Waals surface area (Å²) in [6.07, 6.45) is 1.51. The molecule has 0 saturated heterocycles. The van der Waals surface area contributed by atoms with Crippen LogP contribution < -0.4 is 5.32 Å². The molecule has 1 aliphatic rings. The van der Waals surface area contributed by atoms with Crippen LogP contribution in [-0.2, 0) is 14.6 Å². The second kappa shape index (κ2) is 3.38. The fourth-order valence-corrected chi connectivity index (χ4v) is 2.29. The van der Waals surface area contributed by atoms with Crippen LogP contribution in [-0.4, -0.2) is 26.1 Å². The van der Waals surface area contributed by atoms with Crippen molar-refractivity contribution in [3.05, 3.63) is 11.5 Å². The van der Waals surface area contributed by atoms with Gasteiger partial charge >= 0.3 is 0 Å². The molecule has 0 bridgehead atoms. The van der Waals surface area contributed by atoms with Gasteiger partial charge in [0, 0.05) is 10.8 Å². The van der Waals surface area contributed by atoms with Gasteiger partial charge in [0.1, 0.15) is 0 Å². The third kappa shape index (κ3) is 2.83. The van der Waals surface area contributed by atoms with E-state index in [-0.39, 0.29) is 17.7 Å². The summed E-state index contributed by atoms with van der Waals surface area (Å²) < 4.78 is 22.1. The minimum atomic E-state index is -3.08. The molecule has 1 heterocycles. The Labute approximate surface area is 84.3 Å². The predicted molar refractivity (Wildman–Crippen MR) is 54.3 cm³/mol. The Morgan fingerprint density at radius 2 is 2.00 bits per heavy atom. The molecule has 5 heteroatoms. The number of sulfone groups is 1. The molecular formula is C9H15NO3S. The van der Waals surface area contributed by atoms with Gasteiger partial charge in [-0.1, -0.05) is 20.8 Å². The molecule has 0 aliphatic carbocycles. The highest BCUT2D eigenvalue weighted by atomic mass is 32.2. The number of hydrogen-bond donors (Lipinski definition) is 1. The van der Waals surface area contributed by atoms with Crippen LogP contribution in [0.15, 0.2) is 11.5 Å². The SMILES string of the molecule is CC(C)(C)C(=O)NC1C=CS(=O)(=O)C1. The van der Waals surface area contributed by atoms with E-state index in [1.54, 1.807) is 20.8 Å². The number of hydrogen-bond acceptors (Lipinski definition) is 3. The maximum Gasteiger partial charge on any atom is 0.225 e. The van der Waals surface area contributed by atoms with E-state index in [1.807, 2.05) is 0 Å². The maximum atomic E-state index is 11.5. The number of carbonyl (C=O) groups excluding carboxylic acids is 1. The molecule has 0 spiro atoms. The molecule has 0 aromatic heterocycles. The summed E-state index contributed by atoms with van der Waals surface area (Å²) in [5, 5.41) is 3.82. The van der Waals surface area contributed by atoms with Crippen LogP contribution in [0.3, 0.4) is 0 Å². The molecule has 1 rings (SSSR count). The van der Waals surface area contributed by atoms with Gasteiger partial charge in [-0.15, -0.1) is 0 Å². The zero-order valence-electron chi connectivity index (χ0n) is 8.57. The predicted octanol–water partition coefficient (Wildman–Crippen LogP) is 0.459. The highest BCUT2D eigenvalue weighted by molar-refractivity contribution is 7.94. The summed E-state index contributed by atoms with van der Waals surface area (Å²) in [4.78, 5) is 11.5. The molecule has 1 unspecified atom stereocenters. The van der Waals surface area contributed by atoms with Gasteiger partial charge in [-0.3, -0.25) is 4.79 Å². The van der Waals surface area contributed by atoms with Crippen molar-refractivity contribution in [2.24, 2.45) is 5.41 Å². The van der Waals surface area contributed by atoms with E-state index < -0.39 is 15.3 Å². The van der Waals surface area contributed by atoms with Gasteiger partial charge in [0.2, 0.25) is 5.91 Å². The molecule has 4 nitrogen and oxygen atoms in total. The van der Waals surface area contributed by atoms with E-state index in [0.717, 1.165) is 5.41 Å². The van der Waals surface area contributed by atoms with E-state index in [1.165, 1.54) is 6.08 Å². The molecule has 0 aromatic carbocycles. The first-order valence-corrected chi connectivity index (χ1v) is 6.14. The summed E-state index contributed by atoms with van der Waals surface area (Å²) in [6.45, 7) is 5.36. The van der Waals surface area contributed by atoms with Gasteiger partial charge in [0.15, 0.2) is 9.84 Å². The molecule has 0 saturated carbocycles. The van der Waals surface area contributed by atoms with Gasteiger partial charge in [0.25, 0.3) is 0 Å². The topological polar surface area (TPSA) is 63.2 Å². The lowest BCUT2D eigenvalue weighted by Gasteiger charge is -2.20. The first-order chi connectivity index (χ1) is 6.21. The zero-order valence-corrected chi connectivity index (χ0v) is 9.39. The van der Waals surface area contributed by atoms with E-state index in [2.05, 4.69) is 5.32 Å². The Morgan fingerprint density at radius 3 is 2.36 bits per heavy atom. The summed E-state index contributed by atoms with van der Waals surface area (Å²) >= 11 is 0. The Morgan fingerprint density at radius 1 is 1.43 bits per heavy atom. The molecule has 1 amide bonds. The molecule has 0 aromatic rings. The van der Waals surface area contributed by atoms with Crippen LogP contribution in [0.5, 0.6) is 0 Å². The van der Waals surface area contributed by atoms with Gasteiger partial charge in [-0.25, -0.2) is 8.42 Å². The average molecular weight is 217 g/mol. The summed E-state index contributed by atoms with van der Waals surface area (Å²) in [5.74, 6) is -0.154. The van der Waals surface area contributed by atoms with Crippen LogP contribution in [0.4, 0.5) is 0 Å². The van der Waals surface area contributed by atoms with Crippen LogP contribution in [0.1, 0.15) is 20.8 Å². The van der Waals surface area contributed by atoms with E-state index >= 15 is 0 Å². The zero-order chi connectivity index (χ0) is 11.0. The monoisotopic (exact) mass is 217 g/mol. The van der Waals surface area contributed by atoms with Gasteiger partial charge in [-0.05, 0) is 6.08 Å². The van der Waals surface area contributed by atoms with E-state index in [0.29, 0.717) is 0 Å². The average Bonchev–Trinajstić information content (AvgIpc) is 2.28. The van der Waals surface area contributed by atoms with Gasteiger partial charge in [0.05, 0.1) is 11.8 Å².